The number of hydrogen-bond donors (Lipinski definition) is 3. The third-order valence-electron chi connectivity index (χ3n) is 14.2. The summed E-state index contributed by atoms with van der Waals surface area (Å²) in [7, 11) is -9.86. The third-order valence-corrected chi connectivity index (χ3v) is 16.1. The molecule has 2 unspecified atom stereocenters. The summed E-state index contributed by atoms with van der Waals surface area (Å²) in [6.45, 7) is 9.33. The number of phosphoric acid groups is 2. The Bertz CT molecular complexity index is 1600. The van der Waals surface area contributed by atoms with Crippen LogP contribution in [0.3, 0.4) is 0 Å². The Morgan fingerprint density at radius 3 is 0.840 bits per heavy atom. The van der Waals surface area contributed by atoms with E-state index < -0.39 is 97.5 Å². The number of phosphoric ester groups is 2. The van der Waals surface area contributed by atoms with E-state index in [1.54, 1.807) is 0 Å². The van der Waals surface area contributed by atoms with E-state index in [1.165, 1.54) is 116 Å². The molecule has 5 atom stereocenters. The van der Waals surface area contributed by atoms with Gasteiger partial charge in [-0.2, -0.15) is 0 Å². The van der Waals surface area contributed by atoms with Gasteiger partial charge in [-0.1, -0.05) is 253 Å². The first-order chi connectivity index (χ1) is 38.9. The highest BCUT2D eigenvalue weighted by molar-refractivity contribution is 7.47. The van der Waals surface area contributed by atoms with Crippen LogP contribution in [0.5, 0.6) is 0 Å². The van der Waals surface area contributed by atoms with Gasteiger partial charge >= 0.3 is 39.5 Å². The van der Waals surface area contributed by atoms with Gasteiger partial charge in [0, 0.05) is 25.7 Å². The maximum Gasteiger partial charge on any atom is 0.472 e. The zero-order chi connectivity index (χ0) is 60.1. The molecule has 3 N–H and O–H groups in total. The zero-order valence-corrected chi connectivity index (χ0v) is 53.9. The predicted octanol–water partition coefficient (Wildman–Crippen LogP) is 16.9. The van der Waals surface area contributed by atoms with Gasteiger partial charge < -0.3 is 33.8 Å². The van der Waals surface area contributed by atoms with Crippen molar-refractivity contribution in [1.29, 1.82) is 0 Å². The molecule has 0 aliphatic rings. The summed E-state index contributed by atoms with van der Waals surface area (Å²) in [6, 6.07) is 0. The van der Waals surface area contributed by atoms with Crippen molar-refractivity contribution in [3.63, 3.8) is 0 Å². The van der Waals surface area contributed by atoms with Crippen LogP contribution in [0.25, 0.3) is 0 Å². The van der Waals surface area contributed by atoms with Crippen LogP contribution in [0, 0.1) is 11.8 Å². The summed E-state index contributed by atoms with van der Waals surface area (Å²) >= 11 is 0. The normalized spacial score (nSPS) is 14.4. The lowest BCUT2D eigenvalue weighted by atomic mass is 10.0. The third kappa shape index (κ3) is 56.9. The number of unbranched alkanes of at least 4 members (excludes halogenated alkanes) is 31. The van der Waals surface area contributed by atoms with E-state index in [2.05, 4.69) is 41.5 Å². The maximum absolute atomic E-state index is 13.0. The molecule has 0 aromatic carbocycles. The molecule has 0 rings (SSSR count). The molecule has 19 heteroatoms. The van der Waals surface area contributed by atoms with Crippen LogP contribution in [-0.4, -0.2) is 96.7 Å². The van der Waals surface area contributed by atoms with Crippen molar-refractivity contribution in [1.82, 2.24) is 0 Å². The maximum atomic E-state index is 13.0. The standard InChI is InChI=1S/C62H120O17P2/c1-7-9-11-30-38-44-59(64)72-50-57(78-61(66)46-40-31-12-10-8-2)52-76-80(68,69)74-48-56(63)49-75-81(70,71)77-53-58(51-73-60(65)45-39-34-28-24-20-17-16-19-23-27-33-37-43-55(5)6)79-62(67)47-41-35-29-25-21-15-13-14-18-22-26-32-36-42-54(3)4/h54-58,63H,7-53H2,1-6H3,(H,68,69)(H,70,71)/t56-,57+,58+/m0/s1. The summed E-state index contributed by atoms with van der Waals surface area (Å²) < 4.78 is 67.5. The number of rotatable bonds is 61. The predicted molar refractivity (Wildman–Crippen MR) is 321 cm³/mol. The van der Waals surface area contributed by atoms with Gasteiger partial charge in [0.05, 0.1) is 26.4 Å². The molecular weight excluding hydrogens is 1080 g/mol. The molecule has 0 saturated heterocycles. The smallest absolute Gasteiger partial charge is 0.462 e. The lowest BCUT2D eigenvalue weighted by Gasteiger charge is -2.21. The van der Waals surface area contributed by atoms with Crippen LogP contribution < -0.4 is 0 Å². The monoisotopic (exact) mass is 1200 g/mol. The minimum absolute atomic E-state index is 0.0986. The largest absolute Gasteiger partial charge is 0.472 e. The summed E-state index contributed by atoms with van der Waals surface area (Å²) in [5.41, 5.74) is 0. The second-order valence-corrected chi connectivity index (χ2v) is 26.3. The molecule has 0 radical (unpaired) electrons. The molecule has 81 heavy (non-hydrogen) atoms. The Hall–Kier alpha value is -1.94. The molecule has 0 aliphatic carbocycles. The number of carbonyl (C=O) groups excluding carboxylic acids is 4. The zero-order valence-electron chi connectivity index (χ0n) is 52.1. The number of esters is 4. The molecule has 0 amide bonds. The molecule has 480 valence electrons. The van der Waals surface area contributed by atoms with Crippen molar-refractivity contribution in [2.45, 2.75) is 323 Å². The number of ether oxygens (including phenoxy) is 4. The van der Waals surface area contributed by atoms with E-state index in [1.807, 2.05) is 0 Å². The van der Waals surface area contributed by atoms with Gasteiger partial charge in [-0.3, -0.25) is 37.3 Å². The number of aliphatic hydroxyl groups excluding tert-OH is 1. The summed E-state index contributed by atoms with van der Waals surface area (Å²) in [5, 5.41) is 10.5. The average molecular weight is 1200 g/mol. The van der Waals surface area contributed by atoms with Crippen molar-refractivity contribution in [3.8, 4) is 0 Å². The van der Waals surface area contributed by atoms with Gasteiger partial charge in [0.25, 0.3) is 0 Å². The van der Waals surface area contributed by atoms with E-state index in [9.17, 15) is 43.2 Å². The fraction of sp³-hybridized carbons (Fsp3) is 0.935. The van der Waals surface area contributed by atoms with Crippen molar-refractivity contribution < 1.29 is 80.2 Å². The van der Waals surface area contributed by atoms with Crippen molar-refractivity contribution in [3.05, 3.63) is 0 Å². The van der Waals surface area contributed by atoms with Gasteiger partial charge in [0.15, 0.2) is 12.2 Å². The first-order valence-electron chi connectivity index (χ1n) is 32.5. The first-order valence-corrected chi connectivity index (χ1v) is 35.5. The highest BCUT2D eigenvalue weighted by atomic mass is 31.2. The molecule has 0 fully saturated rings. The average Bonchev–Trinajstić information content (AvgIpc) is 3.42. The second-order valence-electron chi connectivity index (χ2n) is 23.4. The van der Waals surface area contributed by atoms with Crippen LogP contribution in [0.1, 0.15) is 305 Å². The molecule has 0 heterocycles. The summed E-state index contributed by atoms with van der Waals surface area (Å²) in [6.07, 6.45) is 37.0. The van der Waals surface area contributed by atoms with Gasteiger partial charge in [-0.15, -0.1) is 0 Å². The Morgan fingerprint density at radius 2 is 0.568 bits per heavy atom. The Labute approximate surface area is 492 Å². The molecule has 0 spiro atoms. The molecule has 0 aliphatic heterocycles. The van der Waals surface area contributed by atoms with Crippen molar-refractivity contribution in [2.75, 3.05) is 39.6 Å². The highest BCUT2D eigenvalue weighted by Crippen LogP contribution is 2.45. The SMILES string of the molecule is CCCCCCCC(=O)OC[C@H](COP(=O)(O)OC[C@H](O)COP(=O)(O)OC[C@@H](COC(=O)CCCCCCCCCCCCCCC(C)C)OC(=O)CCCCCCCCCCCCCCCC(C)C)OC(=O)CCCCCCC. The van der Waals surface area contributed by atoms with Gasteiger partial charge in [0.1, 0.15) is 19.3 Å². The summed E-state index contributed by atoms with van der Waals surface area (Å²) in [5.74, 6) is -0.590. The van der Waals surface area contributed by atoms with Gasteiger partial charge in [-0.25, -0.2) is 9.13 Å². The Morgan fingerprint density at radius 1 is 0.333 bits per heavy atom. The number of carbonyl (C=O) groups is 4. The van der Waals surface area contributed by atoms with Gasteiger partial charge in [-0.05, 0) is 37.5 Å². The topological polar surface area (TPSA) is 237 Å². The molecule has 17 nitrogen and oxygen atoms in total. The molecule has 0 saturated carbocycles. The van der Waals surface area contributed by atoms with E-state index in [0.717, 1.165) is 108 Å². The van der Waals surface area contributed by atoms with Gasteiger partial charge in [0.2, 0.25) is 0 Å². The number of hydrogen-bond acceptors (Lipinski definition) is 15. The first kappa shape index (κ1) is 79.1. The van der Waals surface area contributed by atoms with Crippen LogP contribution in [-0.2, 0) is 65.4 Å². The van der Waals surface area contributed by atoms with Crippen molar-refractivity contribution >= 4 is 39.5 Å². The lowest BCUT2D eigenvalue weighted by molar-refractivity contribution is -0.161. The fourth-order valence-corrected chi connectivity index (χ4v) is 10.8. The van der Waals surface area contributed by atoms with E-state index in [-0.39, 0.29) is 25.7 Å². The molecule has 0 aromatic rings. The second kappa shape index (κ2) is 54.7. The molecule has 0 bridgehead atoms. The fourth-order valence-electron chi connectivity index (χ4n) is 9.18. The summed E-state index contributed by atoms with van der Waals surface area (Å²) in [4.78, 5) is 71.6. The minimum Gasteiger partial charge on any atom is -0.462 e. The quantitative estimate of drug-likeness (QED) is 0.0222. The minimum atomic E-state index is -4.94. The van der Waals surface area contributed by atoms with Crippen LogP contribution in [0.2, 0.25) is 0 Å². The van der Waals surface area contributed by atoms with Crippen LogP contribution in [0.15, 0.2) is 0 Å². The Kier molecular flexibility index (Phi) is 53.4. The van der Waals surface area contributed by atoms with Crippen molar-refractivity contribution in [2.24, 2.45) is 11.8 Å². The van der Waals surface area contributed by atoms with E-state index in [0.29, 0.717) is 25.7 Å². The number of aliphatic hydroxyl groups is 1. The van der Waals surface area contributed by atoms with Crippen LogP contribution >= 0.6 is 15.6 Å². The molecular formula is C62H120O17P2. The van der Waals surface area contributed by atoms with E-state index in [4.69, 9.17) is 37.0 Å². The van der Waals surface area contributed by atoms with Crippen LogP contribution in [0.4, 0.5) is 0 Å². The molecule has 0 aromatic heterocycles. The highest BCUT2D eigenvalue weighted by Gasteiger charge is 2.30. The van der Waals surface area contributed by atoms with E-state index >= 15 is 0 Å². The Balaban J connectivity index is 5.11. The lowest BCUT2D eigenvalue weighted by Crippen LogP contribution is -2.30.